The van der Waals surface area contributed by atoms with Crippen molar-refractivity contribution in [1.82, 2.24) is 5.32 Å². The van der Waals surface area contributed by atoms with E-state index in [1.807, 2.05) is 0 Å². The maximum absolute atomic E-state index is 13.5. The van der Waals surface area contributed by atoms with E-state index in [1.165, 1.54) is 0 Å². The summed E-state index contributed by atoms with van der Waals surface area (Å²) in [6.07, 6.45) is 1.15. The molecule has 104 valence electrons. The molecule has 1 fully saturated rings. The van der Waals surface area contributed by atoms with Gasteiger partial charge < -0.3 is 10.1 Å². The van der Waals surface area contributed by atoms with Gasteiger partial charge in [0.25, 0.3) is 5.91 Å². The first kappa shape index (κ1) is 14.2. The van der Waals surface area contributed by atoms with Crippen molar-refractivity contribution in [2.75, 3.05) is 19.1 Å². The number of amides is 1. The van der Waals surface area contributed by atoms with E-state index in [0.29, 0.717) is 32.1 Å². The quantitative estimate of drug-likeness (QED) is 0.868. The minimum absolute atomic E-state index is 0.183. The monoisotopic (exact) mass is 289 g/mol. The van der Waals surface area contributed by atoms with E-state index in [9.17, 15) is 13.6 Å². The molecule has 0 bridgehead atoms. The number of ether oxygens (including phenoxy) is 1. The first-order valence-electron chi connectivity index (χ1n) is 5.98. The van der Waals surface area contributed by atoms with Crippen molar-refractivity contribution in [2.45, 2.75) is 18.4 Å². The second-order valence-corrected chi connectivity index (χ2v) is 4.87. The molecule has 19 heavy (non-hydrogen) atoms. The smallest absolute Gasteiger partial charge is 0.254 e. The van der Waals surface area contributed by atoms with Crippen LogP contribution in [-0.4, -0.2) is 30.5 Å². The SMILES string of the molecule is O=C(NC1(CCl)CCOCC1)c1ccc(F)cc1F. The van der Waals surface area contributed by atoms with E-state index in [0.717, 1.165) is 12.1 Å². The fraction of sp³-hybridized carbons (Fsp3) is 0.462. The summed E-state index contributed by atoms with van der Waals surface area (Å²) in [7, 11) is 0. The van der Waals surface area contributed by atoms with Crippen LogP contribution in [0.3, 0.4) is 0 Å². The van der Waals surface area contributed by atoms with Gasteiger partial charge in [0.05, 0.1) is 11.1 Å². The molecular weight excluding hydrogens is 276 g/mol. The minimum Gasteiger partial charge on any atom is -0.381 e. The van der Waals surface area contributed by atoms with E-state index >= 15 is 0 Å². The molecule has 6 heteroatoms. The highest BCUT2D eigenvalue weighted by Crippen LogP contribution is 2.23. The molecule has 0 atom stereocenters. The average molecular weight is 290 g/mol. The van der Waals surface area contributed by atoms with Crippen LogP contribution < -0.4 is 5.32 Å². The van der Waals surface area contributed by atoms with Gasteiger partial charge in [0.15, 0.2) is 0 Å². The van der Waals surface area contributed by atoms with Crippen molar-refractivity contribution in [3.05, 3.63) is 35.4 Å². The molecule has 1 saturated heterocycles. The molecule has 2 rings (SSSR count). The van der Waals surface area contributed by atoms with Crippen LogP contribution >= 0.6 is 11.6 Å². The van der Waals surface area contributed by atoms with Crippen LogP contribution in [0.15, 0.2) is 18.2 Å². The summed E-state index contributed by atoms with van der Waals surface area (Å²) in [5.41, 5.74) is -0.769. The number of hydrogen-bond donors (Lipinski definition) is 1. The van der Waals surface area contributed by atoms with Gasteiger partial charge in [0.2, 0.25) is 0 Å². The number of alkyl halides is 1. The number of rotatable bonds is 3. The molecule has 1 aliphatic rings. The molecule has 0 radical (unpaired) electrons. The van der Waals surface area contributed by atoms with Gasteiger partial charge in [-0.1, -0.05) is 0 Å². The predicted octanol–water partition coefficient (Wildman–Crippen LogP) is 2.48. The maximum Gasteiger partial charge on any atom is 0.254 e. The number of benzene rings is 1. The molecule has 3 nitrogen and oxygen atoms in total. The summed E-state index contributed by atoms with van der Waals surface area (Å²) in [6, 6.07) is 2.86. The van der Waals surface area contributed by atoms with E-state index in [-0.39, 0.29) is 11.4 Å². The second-order valence-electron chi connectivity index (χ2n) is 4.60. The number of halogens is 3. The molecule has 1 aliphatic heterocycles. The largest absolute Gasteiger partial charge is 0.381 e. The lowest BCUT2D eigenvalue weighted by Crippen LogP contribution is -2.53. The number of carbonyl (C=O) groups is 1. The number of carbonyl (C=O) groups excluding carboxylic acids is 1. The first-order valence-corrected chi connectivity index (χ1v) is 6.51. The van der Waals surface area contributed by atoms with Crippen LogP contribution in [0.4, 0.5) is 8.78 Å². The number of hydrogen-bond acceptors (Lipinski definition) is 2. The summed E-state index contributed by atoms with van der Waals surface area (Å²) < 4.78 is 31.5. The third-order valence-electron chi connectivity index (χ3n) is 3.26. The van der Waals surface area contributed by atoms with Crippen LogP contribution in [-0.2, 0) is 4.74 Å². The van der Waals surface area contributed by atoms with Gasteiger partial charge in [-0.05, 0) is 25.0 Å². The van der Waals surface area contributed by atoms with Gasteiger partial charge in [0.1, 0.15) is 11.6 Å². The molecule has 0 aromatic heterocycles. The number of nitrogens with one attached hydrogen (secondary N) is 1. The Morgan fingerprint density at radius 3 is 2.63 bits per heavy atom. The standard InChI is InChI=1S/C13H14ClF2NO2/c14-8-13(3-5-19-6-4-13)17-12(18)10-2-1-9(15)7-11(10)16/h1-2,7H,3-6,8H2,(H,17,18). The molecule has 1 aromatic carbocycles. The third kappa shape index (κ3) is 3.22. The molecule has 1 amide bonds. The highest BCUT2D eigenvalue weighted by Gasteiger charge is 2.34. The van der Waals surface area contributed by atoms with Gasteiger partial charge in [-0.2, -0.15) is 0 Å². The molecule has 0 saturated carbocycles. The third-order valence-corrected chi connectivity index (χ3v) is 3.77. The van der Waals surface area contributed by atoms with Crippen molar-refractivity contribution in [2.24, 2.45) is 0 Å². The lowest BCUT2D eigenvalue weighted by Gasteiger charge is -2.36. The Balaban J connectivity index is 2.15. The second kappa shape index (κ2) is 5.84. The molecule has 1 heterocycles. The molecule has 0 aliphatic carbocycles. The Kier molecular flexibility index (Phi) is 4.37. The molecule has 1 N–H and O–H groups in total. The Morgan fingerprint density at radius 2 is 2.05 bits per heavy atom. The Labute approximate surface area is 114 Å². The van der Waals surface area contributed by atoms with Crippen molar-refractivity contribution in [3.8, 4) is 0 Å². The summed E-state index contributed by atoms with van der Waals surface area (Å²) >= 11 is 5.91. The fourth-order valence-electron chi connectivity index (χ4n) is 2.04. The van der Waals surface area contributed by atoms with Crippen molar-refractivity contribution in [1.29, 1.82) is 0 Å². The molecule has 0 unspecified atom stereocenters. The Morgan fingerprint density at radius 1 is 1.37 bits per heavy atom. The lowest BCUT2D eigenvalue weighted by atomic mass is 9.91. The van der Waals surface area contributed by atoms with Gasteiger partial charge in [0, 0.05) is 25.2 Å². The summed E-state index contributed by atoms with van der Waals surface area (Å²) in [6.45, 7) is 0.998. The maximum atomic E-state index is 13.5. The fourth-order valence-corrected chi connectivity index (χ4v) is 2.37. The summed E-state index contributed by atoms with van der Waals surface area (Å²) in [5, 5.41) is 2.75. The Bertz CT molecular complexity index is 476. The molecule has 1 aromatic rings. The van der Waals surface area contributed by atoms with Crippen LogP contribution in [0.25, 0.3) is 0 Å². The topological polar surface area (TPSA) is 38.3 Å². The minimum atomic E-state index is -0.880. The zero-order chi connectivity index (χ0) is 13.9. The lowest BCUT2D eigenvalue weighted by molar-refractivity contribution is 0.0432. The van der Waals surface area contributed by atoms with Crippen LogP contribution in [0.5, 0.6) is 0 Å². The van der Waals surface area contributed by atoms with Crippen molar-refractivity contribution < 1.29 is 18.3 Å². The van der Waals surface area contributed by atoms with Crippen molar-refractivity contribution >= 4 is 17.5 Å². The van der Waals surface area contributed by atoms with E-state index in [4.69, 9.17) is 16.3 Å². The highest BCUT2D eigenvalue weighted by molar-refractivity contribution is 6.19. The van der Waals surface area contributed by atoms with Gasteiger partial charge >= 0.3 is 0 Å². The van der Waals surface area contributed by atoms with Gasteiger partial charge in [-0.3, -0.25) is 4.79 Å². The van der Waals surface area contributed by atoms with E-state index < -0.39 is 23.1 Å². The van der Waals surface area contributed by atoms with E-state index in [2.05, 4.69) is 5.32 Å². The first-order chi connectivity index (χ1) is 9.06. The Hall–Kier alpha value is -1.20. The predicted molar refractivity (Wildman–Crippen MR) is 67.3 cm³/mol. The normalized spacial score (nSPS) is 18.1. The summed E-state index contributed by atoms with van der Waals surface area (Å²) in [5.74, 6) is -1.95. The van der Waals surface area contributed by atoms with Crippen molar-refractivity contribution in [3.63, 3.8) is 0 Å². The van der Waals surface area contributed by atoms with Crippen LogP contribution in [0.1, 0.15) is 23.2 Å². The van der Waals surface area contributed by atoms with E-state index in [1.54, 1.807) is 0 Å². The van der Waals surface area contributed by atoms with Crippen LogP contribution in [0.2, 0.25) is 0 Å². The van der Waals surface area contributed by atoms with Crippen LogP contribution in [0, 0.1) is 11.6 Å². The van der Waals surface area contributed by atoms with Gasteiger partial charge in [-0.25, -0.2) is 8.78 Å². The molecule has 0 spiro atoms. The summed E-state index contributed by atoms with van der Waals surface area (Å²) in [4.78, 5) is 12.0. The zero-order valence-electron chi connectivity index (χ0n) is 10.2. The highest BCUT2D eigenvalue weighted by atomic mass is 35.5. The zero-order valence-corrected chi connectivity index (χ0v) is 11.0. The van der Waals surface area contributed by atoms with Gasteiger partial charge in [-0.15, -0.1) is 11.6 Å². The average Bonchev–Trinajstić information content (AvgIpc) is 2.39. The molecular formula is C13H14ClF2NO2.